The first-order chi connectivity index (χ1) is 10.3. The fourth-order valence-electron chi connectivity index (χ4n) is 2.20. The van der Waals surface area contributed by atoms with Gasteiger partial charge in [-0.1, -0.05) is 42.0 Å². The molecule has 0 unspecified atom stereocenters. The Morgan fingerprint density at radius 1 is 1.00 bits per heavy atom. The molecule has 106 valence electrons. The molecule has 0 spiro atoms. The van der Waals surface area contributed by atoms with Gasteiger partial charge >= 0.3 is 0 Å². The molecule has 0 aliphatic rings. The molecule has 3 aromatic rings. The first-order valence-electron chi connectivity index (χ1n) is 7.04. The first-order valence-corrected chi connectivity index (χ1v) is 7.04. The highest BCUT2D eigenvalue weighted by molar-refractivity contribution is 5.55. The van der Waals surface area contributed by atoms with Gasteiger partial charge in [0.15, 0.2) is 5.82 Å². The van der Waals surface area contributed by atoms with Crippen LogP contribution in [-0.4, -0.2) is 21.3 Å². The van der Waals surface area contributed by atoms with Crippen molar-refractivity contribution in [2.75, 3.05) is 6.54 Å². The summed E-state index contributed by atoms with van der Waals surface area (Å²) in [6.07, 6.45) is 2.64. The molecular weight excluding hydrogens is 260 g/mol. The number of aryl methyl sites for hydroxylation is 1. The van der Waals surface area contributed by atoms with Crippen molar-refractivity contribution in [2.24, 2.45) is 5.73 Å². The number of rotatable bonds is 4. The summed E-state index contributed by atoms with van der Waals surface area (Å²) in [5.41, 5.74) is 10.1. The lowest BCUT2D eigenvalue weighted by Gasteiger charge is -2.01. The Labute approximate surface area is 124 Å². The zero-order valence-corrected chi connectivity index (χ0v) is 12.0. The molecular formula is C17H18N4. The number of hydrogen-bond acceptors (Lipinski definition) is 3. The summed E-state index contributed by atoms with van der Waals surface area (Å²) in [5, 5.41) is 4.54. The van der Waals surface area contributed by atoms with E-state index in [0.717, 1.165) is 23.5 Å². The molecule has 21 heavy (non-hydrogen) atoms. The van der Waals surface area contributed by atoms with E-state index < -0.39 is 0 Å². The van der Waals surface area contributed by atoms with Gasteiger partial charge in [0.05, 0.1) is 5.69 Å². The molecule has 0 saturated carbocycles. The summed E-state index contributed by atoms with van der Waals surface area (Å²) in [7, 11) is 0. The van der Waals surface area contributed by atoms with Crippen LogP contribution in [0.5, 0.6) is 0 Å². The van der Waals surface area contributed by atoms with Crippen LogP contribution in [0.25, 0.3) is 17.1 Å². The van der Waals surface area contributed by atoms with Crippen LogP contribution in [-0.2, 0) is 6.42 Å². The molecule has 0 radical (unpaired) electrons. The molecule has 2 aromatic carbocycles. The standard InChI is InChI=1S/C17H18N4/c1-13-2-8-16(9-3-13)21-12-19-17(20-21)15-6-4-14(5-7-15)10-11-18/h2-9,12H,10-11,18H2,1H3. The van der Waals surface area contributed by atoms with Gasteiger partial charge in [-0.2, -0.15) is 0 Å². The second-order valence-corrected chi connectivity index (χ2v) is 5.08. The Morgan fingerprint density at radius 3 is 2.38 bits per heavy atom. The van der Waals surface area contributed by atoms with E-state index in [2.05, 4.69) is 41.3 Å². The van der Waals surface area contributed by atoms with Crippen LogP contribution in [0.2, 0.25) is 0 Å². The van der Waals surface area contributed by atoms with Gasteiger partial charge in [0.2, 0.25) is 0 Å². The average Bonchev–Trinajstić information content (AvgIpc) is 2.99. The van der Waals surface area contributed by atoms with Crippen LogP contribution in [0.4, 0.5) is 0 Å². The van der Waals surface area contributed by atoms with Gasteiger partial charge < -0.3 is 5.73 Å². The third-order valence-electron chi connectivity index (χ3n) is 3.44. The molecule has 3 rings (SSSR count). The Morgan fingerprint density at radius 2 is 1.71 bits per heavy atom. The highest BCUT2D eigenvalue weighted by Crippen LogP contribution is 2.17. The Balaban J connectivity index is 1.85. The summed E-state index contributed by atoms with van der Waals surface area (Å²) < 4.78 is 1.79. The second-order valence-electron chi connectivity index (χ2n) is 5.08. The molecule has 1 heterocycles. The van der Waals surface area contributed by atoms with Gasteiger partial charge in [0, 0.05) is 5.56 Å². The predicted molar refractivity (Wildman–Crippen MR) is 84.3 cm³/mol. The van der Waals surface area contributed by atoms with E-state index in [1.54, 1.807) is 11.0 Å². The maximum atomic E-state index is 5.56. The van der Waals surface area contributed by atoms with Crippen molar-refractivity contribution in [2.45, 2.75) is 13.3 Å². The second kappa shape index (κ2) is 5.89. The number of nitrogens with two attached hydrogens (primary N) is 1. The first kappa shape index (κ1) is 13.5. The molecule has 0 aliphatic heterocycles. The van der Waals surface area contributed by atoms with Gasteiger partial charge in [-0.25, -0.2) is 9.67 Å². The molecule has 4 heteroatoms. The smallest absolute Gasteiger partial charge is 0.181 e. The van der Waals surface area contributed by atoms with Gasteiger partial charge in [-0.3, -0.25) is 0 Å². The zero-order chi connectivity index (χ0) is 14.7. The van der Waals surface area contributed by atoms with Crippen LogP contribution in [0.3, 0.4) is 0 Å². The van der Waals surface area contributed by atoms with E-state index in [-0.39, 0.29) is 0 Å². The number of hydrogen-bond donors (Lipinski definition) is 1. The Bertz CT molecular complexity index is 711. The number of nitrogens with zero attached hydrogens (tertiary/aromatic N) is 3. The molecule has 1 aromatic heterocycles. The fraction of sp³-hybridized carbons (Fsp3) is 0.176. The van der Waals surface area contributed by atoms with Gasteiger partial charge in [-0.05, 0) is 37.6 Å². The minimum atomic E-state index is 0.666. The molecule has 0 atom stereocenters. The Hall–Kier alpha value is -2.46. The average molecular weight is 278 g/mol. The van der Waals surface area contributed by atoms with Gasteiger partial charge in [0.1, 0.15) is 6.33 Å². The van der Waals surface area contributed by atoms with Crippen molar-refractivity contribution in [1.82, 2.24) is 14.8 Å². The Kier molecular flexibility index (Phi) is 3.79. The quantitative estimate of drug-likeness (QED) is 0.798. The van der Waals surface area contributed by atoms with Crippen LogP contribution in [0.1, 0.15) is 11.1 Å². The summed E-state index contributed by atoms with van der Waals surface area (Å²) in [4.78, 5) is 4.39. The summed E-state index contributed by atoms with van der Waals surface area (Å²) in [6.45, 7) is 2.74. The van der Waals surface area contributed by atoms with Crippen molar-refractivity contribution < 1.29 is 0 Å². The summed E-state index contributed by atoms with van der Waals surface area (Å²) in [6, 6.07) is 16.5. The SMILES string of the molecule is Cc1ccc(-n2cnc(-c3ccc(CCN)cc3)n2)cc1. The van der Waals surface area contributed by atoms with Crippen LogP contribution in [0, 0.1) is 6.92 Å². The minimum absolute atomic E-state index is 0.666. The van der Waals surface area contributed by atoms with E-state index in [4.69, 9.17) is 5.73 Å². The molecule has 0 aliphatic carbocycles. The monoisotopic (exact) mass is 278 g/mol. The third-order valence-corrected chi connectivity index (χ3v) is 3.44. The largest absolute Gasteiger partial charge is 0.330 e. The minimum Gasteiger partial charge on any atom is -0.330 e. The van der Waals surface area contributed by atoms with Crippen molar-refractivity contribution in [3.05, 3.63) is 66.0 Å². The van der Waals surface area contributed by atoms with Gasteiger partial charge in [-0.15, -0.1) is 5.10 Å². The molecule has 2 N–H and O–H groups in total. The number of benzene rings is 2. The zero-order valence-electron chi connectivity index (χ0n) is 12.0. The lowest BCUT2D eigenvalue weighted by Crippen LogP contribution is -2.02. The fourth-order valence-corrected chi connectivity index (χ4v) is 2.20. The summed E-state index contributed by atoms with van der Waals surface area (Å²) >= 11 is 0. The topological polar surface area (TPSA) is 56.7 Å². The van der Waals surface area contributed by atoms with E-state index in [9.17, 15) is 0 Å². The number of aromatic nitrogens is 3. The molecule has 0 amide bonds. The third kappa shape index (κ3) is 3.01. The van der Waals surface area contributed by atoms with Crippen molar-refractivity contribution >= 4 is 0 Å². The lowest BCUT2D eigenvalue weighted by atomic mass is 10.1. The van der Waals surface area contributed by atoms with E-state index in [1.807, 2.05) is 24.3 Å². The highest BCUT2D eigenvalue weighted by Gasteiger charge is 2.05. The molecule has 0 fully saturated rings. The normalized spacial score (nSPS) is 10.8. The van der Waals surface area contributed by atoms with Crippen molar-refractivity contribution in [3.63, 3.8) is 0 Å². The van der Waals surface area contributed by atoms with Crippen molar-refractivity contribution in [1.29, 1.82) is 0 Å². The van der Waals surface area contributed by atoms with E-state index in [1.165, 1.54) is 11.1 Å². The molecule has 0 bridgehead atoms. The lowest BCUT2D eigenvalue weighted by molar-refractivity contribution is 0.881. The molecule has 4 nitrogen and oxygen atoms in total. The maximum Gasteiger partial charge on any atom is 0.181 e. The summed E-state index contributed by atoms with van der Waals surface area (Å²) in [5.74, 6) is 0.731. The van der Waals surface area contributed by atoms with Crippen LogP contribution in [0.15, 0.2) is 54.9 Å². The van der Waals surface area contributed by atoms with Crippen molar-refractivity contribution in [3.8, 4) is 17.1 Å². The predicted octanol–water partition coefficient (Wildman–Crippen LogP) is 2.74. The van der Waals surface area contributed by atoms with E-state index >= 15 is 0 Å². The highest BCUT2D eigenvalue weighted by atomic mass is 15.3. The maximum absolute atomic E-state index is 5.56. The van der Waals surface area contributed by atoms with Gasteiger partial charge in [0.25, 0.3) is 0 Å². The van der Waals surface area contributed by atoms with Crippen LogP contribution >= 0.6 is 0 Å². The van der Waals surface area contributed by atoms with Crippen LogP contribution < -0.4 is 5.73 Å². The van der Waals surface area contributed by atoms with E-state index in [0.29, 0.717) is 6.54 Å². The molecule has 0 saturated heterocycles.